The number of hydrogen-bond acceptors (Lipinski definition) is 5. The van der Waals surface area contributed by atoms with Crippen LogP contribution in [-0.4, -0.2) is 47.5 Å². The second kappa shape index (κ2) is 8.90. The van der Waals surface area contributed by atoms with Crippen molar-refractivity contribution in [3.05, 3.63) is 0 Å². The molecule has 0 aromatic carbocycles. The standard InChI is InChI=1S/C23H48BNO4SSi/c1-19(2,3)30(26)25-18(24-27-21(7,8)22(9,10)28-24)17-23(15-13-14-16-23)29-31(11,12)20(4,5)6/h18,25H,13-17H2,1-12H3/t18-,30+/m0/s1. The lowest BCUT2D eigenvalue weighted by Gasteiger charge is -2.45. The molecule has 31 heavy (non-hydrogen) atoms. The summed E-state index contributed by atoms with van der Waals surface area (Å²) < 4.78 is 36.1. The van der Waals surface area contributed by atoms with Gasteiger partial charge < -0.3 is 18.3 Å². The van der Waals surface area contributed by atoms with Crippen LogP contribution in [0.4, 0.5) is 0 Å². The van der Waals surface area contributed by atoms with Crippen LogP contribution in [0.5, 0.6) is 0 Å². The molecule has 0 bridgehead atoms. The summed E-state index contributed by atoms with van der Waals surface area (Å²) in [5.74, 6) is -0.205. The minimum Gasteiger partial charge on any atom is -0.598 e. The van der Waals surface area contributed by atoms with E-state index < -0.39 is 38.0 Å². The largest absolute Gasteiger partial charge is 0.598 e. The molecule has 0 radical (unpaired) electrons. The molecule has 8 heteroatoms. The van der Waals surface area contributed by atoms with E-state index in [1.807, 2.05) is 20.8 Å². The van der Waals surface area contributed by atoms with Crippen LogP contribution in [0.2, 0.25) is 18.1 Å². The van der Waals surface area contributed by atoms with E-state index in [1.165, 1.54) is 12.8 Å². The molecule has 0 unspecified atom stereocenters. The van der Waals surface area contributed by atoms with E-state index in [2.05, 4.69) is 66.3 Å². The quantitative estimate of drug-likeness (QED) is 0.376. The van der Waals surface area contributed by atoms with Gasteiger partial charge in [0.05, 0.1) is 22.7 Å². The highest BCUT2D eigenvalue weighted by atomic mass is 32.2. The minimum atomic E-state index is -1.97. The second-order valence-electron chi connectivity index (χ2n) is 13.2. The molecule has 5 nitrogen and oxygen atoms in total. The molecular weight excluding hydrogens is 425 g/mol. The van der Waals surface area contributed by atoms with Crippen LogP contribution >= 0.6 is 0 Å². The molecule has 1 saturated carbocycles. The minimum absolute atomic E-state index is 0.143. The van der Waals surface area contributed by atoms with Crippen molar-refractivity contribution < 1.29 is 18.3 Å². The molecule has 2 rings (SSSR count). The zero-order chi connectivity index (χ0) is 24.1. The van der Waals surface area contributed by atoms with Gasteiger partial charge >= 0.3 is 7.12 Å². The predicted molar refractivity (Wildman–Crippen MR) is 135 cm³/mol. The third-order valence-corrected chi connectivity index (χ3v) is 14.0. The molecular formula is C23H48BNO4SSi. The summed E-state index contributed by atoms with van der Waals surface area (Å²) in [4.78, 5) is 0. The van der Waals surface area contributed by atoms with Crippen molar-refractivity contribution in [3.8, 4) is 0 Å². The van der Waals surface area contributed by atoms with Crippen LogP contribution in [0, 0.1) is 0 Å². The highest BCUT2D eigenvalue weighted by molar-refractivity contribution is 7.90. The van der Waals surface area contributed by atoms with E-state index in [-0.39, 0.29) is 21.3 Å². The maximum absolute atomic E-state index is 13.1. The van der Waals surface area contributed by atoms with Gasteiger partial charge in [0, 0.05) is 11.4 Å². The summed E-state index contributed by atoms with van der Waals surface area (Å²) in [6.45, 7) is 25.8. The van der Waals surface area contributed by atoms with Crippen molar-refractivity contribution in [2.45, 2.75) is 147 Å². The first-order valence-electron chi connectivity index (χ1n) is 12.0. The fraction of sp³-hybridized carbons (Fsp3) is 1.00. The molecule has 1 aliphatic carbocycles. The molecule has 0 spiro atoms. The van der Waals surface area contributed by atoms with Crippen molar-refractivity contribution >= 4 is 26.8 Å². The van der Waals surface area contributed by atoms with Crippen molar-refractivity contribution in [1.29, 1.82) is 0 Å². The molecule has 1 saturated heterocycles. The first kappa shape index (κ1) is 27.7. The Labute approximate surface area is 196 Å². The summed E-state index contributed by atoms with van der Waals surface area (Å²) >= 11 is -1.23. The van der Waals surface area contributed by atoms with E-state index in [0.29, 0.717) is 0 Å². The van der Waals surface area contributed by atoms with Crippen molar-refractivity contribution in [2.75, 3.05) is 0 Å². The lowest BCUT2D eigenvalue weighted by Crippen LogP contribution is -2.57. The van der Waals surface area contributed by atoms with Gasteiger partial charge in [0.2, 0.25) is 0 Å². The third kappa shape index (κ3) is 6.31. The fourth-order valence-corrected chi connectivity index (χ4v) is 6.52. The van der Waals surface area contributed by atoms with E-state index in [4.69, 9.17) is 13.7 Å². The fourth-order valence-electron chi connectivity index (χ4n) is 4.02. The van der Waals surface area contributed by atoms with Crippen LogP contribution in [0.25, 0.3) is 0 Å². The van der Waals surface area contributed by atoms with E-state index in [9.17, 15) is 4.55 Å². The Morgan fingerprint density at radius 2 is 1.45 bits per heavy atom. The highest BCUT2D eigenvalue weighted by Crippen LogP contribution is 2.47. The lowest BCUT2D eigenvalue weighted by molar-refractivity contribution is 0.00578. The highest BCUT2D eigenvalue weighted by Gasteiger charge is 2.57. The van der Waals surface area contributed by atoms with E-state index >= 15 is 0 Å². The summed E-state index contributed by atoms with van der Waals surface area (Å²) in [6, 6.07) is 0. The van der Waals surface area contributed by atoms with Crippen molar-refractivity contribution in [2.24, 2.45) is 0 Å². The smallest absolute Gasteiger partial charge is 0.480 e. The molecule has 0 amide bonds. The summed E-state index contributed by atoms with van der Waals surface area (Å²) in [7, 11) is -2.43. The zero-order valence-corrected chi connectivity index (χ0v) is 24.0. The maximum atomic E-state index is 13.1. The van der Waals surface area contributed by atoms with Gasteiger partial charge in [-0.2, -0.15) is 0 Å². The number of hydrogen-bond donors (Lipinski definition) is 1. The van der Waals surface area contributed by atoms with E-state index in [1.54, 1.807) is 0 Å². The molecule has 2 fully saturated rings. The molecule has 0 aromatic rings. The Balaban J connectivity index is 2.34. The SMILES string of the molecule is CC(C)(C)[S@@+]([O-])N[C@@H](CC1(O[Si](C)(C)C(C)(C)C)CCCC1)B1OC(C)(C)C(C)(C)O1. The summed E-state index contributed by atoms with van der Waals surface area (Å²) in [6.07, 6.45) is 5.18. The molecule has 1 N–H and O–H groups in total. The van der Waals surface area contributed by atoms with Crippen LogP contribution in [0.15, 0.2) is 0 Å². The summed E-state index contributed by atoms with van der Waals surface area (Å²) in [5.41, 5.74) is -1.07. The van der Waals surface area contributed by atoms with Gasteiger partial charge in [-0.15, -0.1) is 4.72 Å². The van der Waals surface area contributed by atoms with Crippen LogP contribution < -0.4 is 4.72 Å². The lowest BCUT2D eigenvalue weighted by atomic mass is 9.72. The normalized spacial score (nSPS) is 25.6. The van der Waals surface area contributed by atoms with Crippen LogP contribution in [0.1, 0.15) is 101 Å². The Morgan fingerprint density at radius 3 is 1.84 bits per heavy atom. The number of nitrogens with one attached hydrogen (secondary N) is 1. The zero-order valence-electron chi connectivity index (χ0n) is 22.2. The summed E-state index contributed by atoms with van der Waals surface area (Å²) in [5, 5.41) is 0.143. The third-order valence-electron chi connectivity index (χ3n) is 7.80. The molecule has 2 aliphatic rings. The second-order valence-corrected chi connectivity index (χ2v) is 19.9. The monoisotopic (exact) mass is 473 g/mol. The molecule has 2 atom stereocenters. The van der Waals surface area contributed by atoms with E-state index in [0.717, 1.165) is 19.3 Å². The van der Waals surface area contributed by atoms with Crippen LogP contribution in [-0.2, 0) is 25.1 Å². The molecule has 1 heterocycles. The first-order valence-corrected chi connectivity index (χ1v) is 16.0. The van der Waals surface area contributed by atoms with Crippen molar-refractivity contribution in [3.63, 3.8) is 0 Å². The van der Waals surface area contributed by atoms with Gasteiger partial charge in [-0.05, 0) is 85.9 Å². The maximum Gasteiger partial charge on any atom is 0.480 e. The molecule has 1 aliphatic heterocycles. The van der Waals surface area contributed by atoms with Gasteiger partial charge in [-0.1, -0.05) is 33.6 Å². The van der Waals surface area contributed by atoms with Gasteiger partial charge in [0.15, 0.2) is 8.32 Å². The Hall–Kier alpha value is 0.432. The average Bonchev–Trinajstić information content (AvgIpc) is 3.06. The topological polar surface area (TPSA) is 62.8 Å². The van der Waals surface area contributed by atoms with Gasteiger partial charge in [-0.25, -0.2) is 0 Å². The van der Waals surface area contributed by atoms with Gasteiger partial charge in [0.1, 0.15) is 4.75 Å². The van der Waals surface area contributed by atoms with Gasteiger partial charge in [-0.3, -0.25) is 0 Å². The Bertz CT molecular complexity index is 608. The van der Waals surface area contributed by atoms with Crippen LogP contribution in [0.3, 0.4) is 0 Å². The average molecular weight is 474 g/mol. The Kier molecular flexibility index (Phi) is 7.94. The Morgan fingerprint density at radius 1 is 1.00 bits per heavy atom. The van der Waals surface area contributed by atoms with Gasteiger partial charge in [0.25, 0.3) is 0 Å². The van der Waals surface area contributed by atoms with Crippen molar-refractivity contribution in [1.82, 2.24) is 4.72 Å². The number of rotatable bonds is 7. The first-order chi connectivity index (χ1) is 13.7. The molecule has 182 valence electrons. The molecule has 0 aromatic heterocycles. The predicted octanol–water partition coefficient (Wildman–Crippen LogP) is 5.76.